The van der Waals surface area contributed by atoms with Crippen molar-refractivity contribution in [3.8, 4) is 6.07 Å². The molecule has 1 fully saturated rings. The Morgan fingerprint density at radius 1 is 1.15 bits per heavy atom. The number of carbonyl (C=O) groups is 2. The summed E-state index contributed by atoms with van der Waals surface area (Å²) in [6, 6.07) is 14.5. The van der Waals surface area contributed by atoms with Gasteiger partial charge in [0.25, 0.3) is 16.8 Å². The Labute approximate surface area is 152 Å². The van der Waals surface area contributed by atoms with Gasteiger partial charge in [-0.3, -0.25) is 24.6 Å². The number of carbonyl (C=O) groups excluding carboxylic acids is 2. The summed E-state index contributed by atoms with van der Waals surface area (Å²) >= 11 is 0.802. The van der Waals surface area contributed by atoms with Crippen molar-refractivity contribution < 1.29 is 14.5 Å². The molecule has 3 rings (SSSR count). The van der Waals surface area contributed by atoms with Gasteiger partial charge in [0.1, 0.15) is 0 Å². The number of non-ortho nitro benzene ring substituents is 1. The number of imide groups is 1. The third-order valence-electron chi connectivity index (χ3n) is 3.74. The van der Waals surface area contributed by atoms with Crippen LogP contribution in [0.15, 0.2) is 53.4 Å². The van der Waals surface area contributed by atoms with E-state index in [0.717, 1.165) is 16.7 Å². The molecule has 0 saturated carbocycles. The molecule has 0 bridgehead atoms. The summed E-state index contributed by atoms with van der Waals surface area (Å²) in [4.78, 5) is 36.2. The predicted octanol–water partition coefficient (Wildman–Crippen LogP) is 3.70. The normalized spacial score (nSPS) is 15.3. The molecule has 2 aromatic rings. The Morgan fingerprint density at radius 3 is 2.50 bits per heavy atom. The fourth-order valence-corrected chi connectivity index (χ4v) is 3.26. The van der Waals surface area contributed by atoms with Crippen LogP contribution in [0, 0.1) is 21.4 Å². The Morgan fingerprint density at radius 2 is 1.85 bits per heavy atom. The van der Waals surface area contributed by atoms with Gasteiger partial charge in [-0.2, -0.15) is 5.26 Å². The molecule has 0 unspecified atom stereocenters. The first-order valence-corrected chi connectivity index (χ1v) is 8.29. The van der Waals surface area contributed by atoms with Crippen molar-refractivity contribution in [1.82, 2.24) is 4.90 Å². The van der Waals surface area contributed by atoms with Gasteiger partial charge in [-0.1, -0.05) is 18.2 Å². The molecule has 0 atom stereocenters. The maximum atomic E-state index is 12.5. The Kier molecular flexibility index (Phi) is 4.82. The second-order valence-corrected chi connectivity index (χ2v) is 6.38. The summed E-state index contributed by atoms with van der Waals surface area (Å²) in [6.07, 6.45) is 1.52. The molecule has 0 spiro atoms. The second-order valence-electron chi connectivity index (χ2n) is 5.39. The molecule has 7 nitrogen and oxygen atoms in total. The average molecular weight is 365 g/mol. The summed E-state index contributed by atoms with van der Waals surface area (Å²) in [5.41, 5.74) is 1.53. The summed E-state index contributed by atoms with van der Waals surface area (Å²) in [7, 11) is 0. The molecule has 8 heteroatoms. The van der Waals surface area contributed by atoms with Gasteiger partial charge in [0.15, 0.2) is 0 Å². The van der Waals surface area contributed by atoms with E-state index in [0.29, 0.717) is 16.7 Å². The lowest BCUT2D eigenvalue weighted by Crippen LogP contribution is -2.27. The lowest BCUT2D eigenvalue weighted by atomic mass is 10.1. The topological polar surface area (TPSA) is 104 Å². The standard InChI is InChI=1S/C18H11N3O4S/c19-10-13-3-1-2-4-14(13)11-20-17(22)16(26-18(20)23)9-12-5-7-15(8-6-12)21(24)25/h1-9H,11H2/b16-9+. The highest BCUT2D eigenvalue weighted by molar-refractivity contribution is 8.18. The van der Waals surface area contributed by atoms with Crippen LogP contribution in [0.2, 0.25) is 0 Å². The molecule has 2 aromatic carbocycles. The van der Waals surface area contributed by atoms with Gasteiger partial charge in [0.2, 0.25) is 0 Å². The predicted molar refractivity (Wildman–Crippen MR) is 95.8 cm³/mol. The zero-order chi connectivity index (χ0) is 18.7. The summed E-state index contributed by atoms with van der Waals surface area (Å²) in [5, 5.41) is 19.4. The summed E-state index contributed by atoms with van der Waals surface area (Å²) in [5.74, 6) is -0.453. The number of rotatable bonds is 4. The molecule has 26 heavy (non-hydrogen) atoms. The first-order chi connectivity index (χ1) is 12.5. The van der Waals surface area contributed by atoms with Crippen molar-refractivity contribution in [2.45, 2.75) is 6.54 Å². The maximum Gasteiger partial charge on any atom is 0.293 e. The van der Waals surface area contributed by atoms with Gasteiger partial charge in [-0.25, -0.2) is 0 Å². The molecule has 1 heterocycles. The van der Waals surface area contributed by atoms with Crippen LogP contribution in [-0.2, 0) is 11.3 Å². The van der Waals surface area contributed by atoms with Crippen LogP contribution in [0.25, 0.3) is 6.08 Å². The lowest BCUT2D eigenvalue weighted by Gasteiger charge is -2.13. The number of nitriles is 1. The van der Waals surface area contributed by atoms with Gasteiger partial charge in [0, 0.05) is 12.1 Å². The monoisotopic (exact) mass is 365 g/mol. The van der Waals surface area contributed by atoms with Gasteiger partial charge >= 0.3 is 0 Å². The summed E-state index contributed by atoms with van der Waals surface area (Å²) in [6.45, 7) is 0.0198. The molecule has 0 aromatic heterocycles. The molecular weight excluding hydrogens is 354 g/mol. The number of amides is 2. The third-order valence-corrected chi connectivity index (χ3v) is 4.65. The Balaban J connectivity index is 1.82. The minimum atomic E-state index is -0.510. The first-order valence-electron chi connectivity index (χ1n) is 7.47. The Bertz CT molecular complexity index is 977. The number of nitro groups is 1. The number of nitro benzene ring substituents is 1. The molecule has 0 radical (unpaired) electrons. The smallest absolute Gasteiger partial charge is 0.268 e. The molecule has 0 N–H and O–H groups in total. The van der Waals surface area contributed by atoms with Crippen molar-refractivity contribution in [2.75, 3.05) is 0 Å². The highest BCUT2D eigenvalue weighted by Gasteiger charge is 2.35. The second kappa shape index (κ2) is 7.21. The molecule has 1 aliphatic heterocycles. The van der Waals surface area contributed by atoms with Gasteiger partial charge in [0.05, 0.1) is 28.0 Å². The van der Waals surface area contributed by atoms with E-state index in [9.17, 15) is 19.7 Å². The van der Waals surface area contributed by atoms with Crippen LogP contribution >= 0.6 is 11.8 Å². The van der Waals surface area contributed by atoms with E-state index in [-0.39, 0.29) is 17.1 Å². The van der Waals surface area contributed by atoms with E-state index < -0.39 is 16.1 Å². The third kappa shape index (κ3) is 3.48. The number of thioether (sulfide) groups is 1. The largest absolute Gasteiger partial charge is 0.293 e. The lowest BCUT2D eigenvalue weighted by molar-refractivity contribution is -0.384. The van der Waals surface area contributed by atoms with E-state index in [1.165, 1.54) is 30.3 Å². The molecule has 1 aliphatic rings. The van der Waals surface area contributed by atoms with E-state index in [2.05, 4.69) is 0 Å². The fourth-order valence-electron chi connectivity index (χ4n) is 2.42. The van der Waals surface area contributed by atoms with Crippen LogP contribution in [0.3, 0.4) is 0 Å². The van der Waals surface area contributed by atoms with Crippen molar-refractivity contribution in [1.29, 1.82) is 5.26 Å². The number of hydrogen-bond acceptors (Lipinski definition) is 6. The van der Waals surface area contributed by atoms with Crippen LogP contribution in [0.4, 0.5) is 10.5 Å². The van der Waals surface area contributed by atoms with Gasteiger partial charge in [-0.05, 0) is 47.2 Å². The zero-order valence-electron chi connectivity index (χ0n) is 13.3. The minimum Gasteiger partial charge on any atom is -0.268 e. The van der Waals surface area contributed by atoms with Gasteiger partial charge in [-0.15, -0.1) is 0 Å². The summed E-state index contributed by atoms with van der Waals surface area (Å²) < 4.78 is 0. The van der Waals surface area contributed by atoms with Crippen molar-refractivity contribution in [3.05, 3.63) is 80.2 Å². The van der Waals surface area contributed by atoms with Crippen molar-refractivity contribution in [2.24, 2.45) is 0 Å². The van der Waals surface area contributed by atoms with Crippen molar-refractivity contribution in [3.63, 3.8) is 0 Å². The van der Waals surface area contributed by atoms with E-state index in [1.807, 2.05) is 6.07 Å². The molecule has 1 saturated heterocycles. The van der Waals surface area contributed by atoms with Gasteiger partial charge < -0.3 is 0 Å². The maximum absolute atomic E-state index is 12.5. The van der Waals surface area contributed by atoms with Crippen LogP contribution < -0.4 is 0 Å². The van der Waals surface area contributed by atoms with Crippen molar-refractivity contribution >= 4 is 34.7 Å². The minimum absolute atomic E-state index is 0.0198. The fraction of sp³-hybridized carbons (Fsp3) is 0.0556. The zero-order valence-corrected chi connectivity index (χ0v) is 14.1. The van der Waals surface area contributed by atoms with Crippen LogP contribution in [0.5, 0.6) is 0 Å². The molecular formula is C18H11N3O4S. The number of hydrogen-bond donors (Lipinski definition) is 0. The number of benzene rings is 2. The van der Waals surface area contributed by atoms with E-state index in [4.69, 9.17) is 5.26 Å². The molecule has 0 aliphatic carbocycles. The first kappa shape index (κ1) is 17.4. The Hall–Kier alpha value is -3.44. The molecule has 2 amide bonds. The van der Waals surface area contributed by atoms with E-state index in [1.54, 1.807) is 24.3 Å². The molecule has 128 valence electrons. The van der Waals surface area contributed by atoms with Crippen LogP contribution in [-0.4, -0.2) is 21.0 Å². The quantitative estimate of drug-likeness (QED) is 0.465. The number of nitrogens with zero attached hydrogens (tertiary/aromatic N) is 3. The van der Waals surface area contributed by atoms with E-state index >= 15 is 0 Å². The highest BCUT2D eigenvalue weighted by atomic mass is 32.2. The average Bonchev–Trinajstić information content (AvgIpc) is 2.90. The van der Waals surface area contributed by atoms with Crippen LogP contribution in [0.1, 0.15) is 16.7 Å². The SMILES string of the molecule is N#Cc1ccccc1CN1C(=O)S/C(=C/c2ccc([N+](=O)[O-])cc2)C1=O. The highest BCUT2D eigenvalue weighted by Crippen LogP contribution is 2.33.